The molecule has 1 saturated heterocycles. The predicted molar refractivity (Wildman–Crippen MR) is 130 cm³/mol. The van der Waals surface area contributed by atoms with Crippen LogP contribution in [0.1, 0.15) is 41.4 Å². The summed E-state index contributed by atoms with van der Waals surface area (Å²) in [5, 5.41) is 0.716. The summed E-state index contributed by atoms with van der Waals surface area (Å²) in [6.07, 6.45) is 1.94. The fourth-order valence-corrected chi connectivity index (χ4v) is 5.06. The molecular weight excluding hydrogens is 418 g/mol. The highest BCUT2D eigenvalue weighted by Gasteiger charge is 2.36. The summed E-state index contributed by atoms with van der Waals surface area (Å²) in [4.78, 5) is 15.1. The monoisotopic (exact) mass is 447 g/mol. The highest BCUT2D eigenvalue weighted by molar-refractivity contribution is 6.30. The quantitative estimate of drug-likeness (QED) is 0.407. The zero-order valence-electron chi connectivity index (χ0n) is 18.5. The number of piperidine rings is 1. The summed E-state index contributed by atoms with van der Waals surface area (Å²) in [6.45, 7) is 2.63. The summed E-state index contributed by atoms with van der Waals surface area (Å²) in [6, 6.07) is 29.3. The number of benzene rings is 3. The first kappa shape index (κ1) is 22.6. The number of hydrogen-bond donors (Lipinski definition) is 0. The van der Waals surface area contributed by atoms with E-state index < -0.39 is 0 Å². The van der Waals surface area contributed by atoms with Crippen LogP contribution >= 0.6 is 11.6 Å². The van der Waals surface area contributed by atoms with Crippen LogP contribution in [0.15, 0.2) is 84.9 Å². The zero-order chi connectivity index (χ0) is 22.3. The van der Waals surface area contributed by atoms with Gasteiger partial charge in [-0.2, -0.15) is 0 Å². The van der Waals surface area contributed by atoms with E-state index in [9.17, 15) is 4.79 Å². The Morgan fingerprint density at radius 2 is 1.56 bits per heavy atom. The minimum absolute atomic E-state index is 0.127. The second-order valence-electron chi connectivity index (χ2n) is 8.54. The number of nitrogens with zero attached hydrogens (tertiary/aromatic N) is 1. The van der Waals surface area contributed by atoms with E-state index in [-0.39, 0.29) is 17.8 Å². The van der Waals surface area contributed by atoms with Gasteiger partial charge >= 0.3 is 5.97 Å². The van der Waals surface area contributed by atoms with Gasteiger partial charge in [0.15, 0.2) is 0 Å². The summed E-state index contributed by atoms with van der Waals surface area (Å²) in [7, 11) is 1.49. The number of halogens is 1. The molecule has 3 nitrogen and oxygen atoms in total. The fourth-order valence-electron chi connectivity index (χ4n) is 4.93. The molecule has 1 aliphatic heterocycles. The molecule has 3 aromatic rings. The van der Waals surface area contributed by atoms with Crippen molar-refractivity contribution < 1.29 is 9.53 Å². The first-order chi connectivity index (χ1) is 15.7. The van der Waals surface area contributed by atoms with Gasteiger partial charge in [0.25, 0.3) is 0 Å². The number of methoxy groups -OCH3 is 1. The highest BCUT2D eigenvalue weighted by Crippen LogP contribution is 2.35. The Hall–Kier alpha value is -2.62. The number of esters is 1. The maximum atomic E-state index is 12.7. The molecule has 1 heterocycles. The van der Waals surface area contributed by atoms with Gasteiger partial charge in [0.05, 0.1) is 13.0 Å². The van der Waals surface area contributed by atoms with Crippen molar-refractivity contribution in [2.45, 2.75) is 24.7 Å². The van der Waals surface area contributed by atoms with E-state index in [4.69, 9.17) is 16.3 Å². The molecule has 0 spiro atoms. The molecule has 1 fully saturated rings. The van der Waals surface area contributed by atoms with E-state index in [0.717, 1.165) is 38.0 Å². The zero-order valence-corrected chi connectivity index (χ0v) is 19.2. The van der Waals surface area contributed by atoms with E-state index in [0.29, 0.717) is 10.9 Å². The van der Waals surface area contributed by atoms with E-state index in [1.165, 1.54) is 18.2 Å². The van der Waals surface area contributed by atoms with Gasteiger partial charge in [-0.05, 0) is 60.7 Å². The van der Waals surface area contributed by atoms with Crippen LogP contribution in [0.3, 0.4) is 0 Å². The summed E-state index contributed by atoms with van der Waals surface area (Å²) >= 11 is 6.07. The minimum Gasteiger partial charge on any atom is -0.469 e. The maximum Gasteiger partial charge on any atom is 0.310 e. The SMILES string of the molecule is COC(=O)[C@@H]1CN(CCC(c2ccccc2)c2ccccc2)CC[C@@H]1c1ccc(Cl)cc1. The van der Waals surface area contributed by atoms with Gasteiger partial charge in [0.2, 0.25) is 0 Å². The van der Waals surface area contributed by atoms with Crippen molar-refractivity contribution in [3.05, 3.63) is 107 Å². The van der Waals surface area contributed by atoms with E-state index in [1.54, 1.807) is 0 Å². The number of likely N-dealkylation sites (tertiary alicyclic amines) is 1. The Labute approximate surface area is 196 Å². The van der Waals surface area contributed by atoms with Crippen LogP contribution in [-0.4, -0.2) is 37.6 Å². The molecule has 0 aliphatic carbocycles. The average Bonchev–Trinajstić information content (AvgIpc) is 2.85. The van der Waals surface area contributed by atoms with Crippen molar-refractivity contribution in [2.24, 2.45) is 5.92 Å². The van der Waals surface area contributed by atoms with Crippen LogP contribution in [0.5, 0.6) is 0 Å². The predicted octanol–water partition coefficient (Wildman–Crippen LogP) is 6.14. The van der Waals surface area contributed by atoms with E-state index in [2.05, 4.69) is 65.6 Å². The van der Waals surface area contributed by atoms with Gasteiger partial charge in [-0.25, -0.2) is 0 Å². The molecule has 0 N–H and O–H groups in total. The lowest BCUT2D eigenvalue weighted by atomic mass is 9.80. The van der Waals surface area contributed by atoms with Crippen LogP contribution in [0.25, 0.3) is 0 Å². The molecule has 0 aromatic heterocycles. The lowest BCUT2D eigenvalue weighted by Crippen LogP contribution is -2.43. The third-order valence-corrected chi connectivity index (χ3v) is 6.89. The Morgan fingerprint density at radius 1 is 0.969 bits per heavy atom. The van der Waals surface area contributed by atoms with Crippen molar-refractivity contribution in [1.82, 2.24) is 4.90 Å². The summed E-state index contributed by atoms with van der Waals surface area (Å²) in [5.74, 6) is 0.206. The molecule has 0 radical (unpaired) electrons. The van der Waals surface area contributed by atoms with E-state index in [1.807, 2.05) is 24.3 Å². The Bertz CT molecular complexity index is 951. The lowest BCUT2D eigenvalue weighted by Gasteiger charge is -2.38. The Balaban J connectivity index is 1.48. The summed E-state index contributed by atoms with van der Waals surface area (Å²) in [5.41, 5.74) is 3.83. The molecule has 2 atom stereocenters. The number of hydrogen-bond acceptors (Lipinski definition) is 3. The average molecular weight is 448 g/mol. The molecule has 3 aromatic carbocycles. The van der Waals surface area contributed by atoms with Crippen molar-refractivity contribution in [2.75, 3.05) is 26.7 Å². The second kappa shape index (κ2) is 10.8. The van der Waals surface area contributed by atoms with Crippen LogP contribution in [0, 0.1) is 5.92 Å². The lowest BCUT2D eigenvalue weighted by molar-refractivity contribution is -0.148. The maximum absolute atomic E-state index is 12.7. The molecule has 32 heavy (non-hydrogen) atoms. The largest absolute Gasteiger partial charge is 0.469 e. The van der Waals surface area contributed by atoms with Gasteiger partial charge in [-0.1, -0.05) is 84.4 Å². The first-order valence-electron chi connectivity index (χ1n) is 11.3. The molecular formula is C28H30ClNO2. The smallest absolute Gasteiger partial charge is 0.310 e. The molecule has 0 bridgehead atoms. The Kier molecular flexibility index (Phi) is 7.62. The van der Waals surface area contributed by atoms with Gasteiger partial charge in [-0.3, -0.25) is 4.79 Å². The van der Waals surface area contributed by atoms with Gasteiger partial charge in [-0.15, -0.1) is 0 Å². The minimum atomic E-state index is -0.165. The molecule has 166 valence electrons. The topological polar surface area (TPSA) is 29.5 Å². The number of ether oxygens (including phenoxy) is 1. The molecule has 1 aliphatic rings. The van der Waals surface area contributed by atoms with Crippen molar-refractivity contribution in [3.63, 3.8) is 0 Å². The molecule has 0 amide bonds. The fraction of sp³-hybridized carbons (Fsp3) is 0.321. The van der Waals surface area contributed by atoms with Crippen molar-refractivity contribution in [1.29, 1.82) is 0 Å². The van der Waals surface area contributed by atoms with Gasteiger partial charge in [0, 0.05) is 17.5 Å². The standard InChI is InChI=1S/C28H30ClNO2/c1-32-28(31)27-20-30(19-17-26(27)23-12-14-24(29)15-13-23)18-16-25(21-8-4-2-5-9-21)22-10-6-3-7-11-22/h2-15,25-27H,16-20H2,1H3/t26-,27-/m1/s1. The Morgan fingerprint density at radius 3 is 2.12 bits per heavy atom. The van der Waals surface area contributed by atoms with E-state index >= 15 is 0 Å². The van der Waals surface area contributed by atoms with Gasteiger partial charge in [0.1, 0.15) is 0 Å². The number of rotatable bonds is 7. The number of carbonyl (C=O) groups excluding carboxylic acids is 1. The van der Waals surface area contributed by atoms with Crippen molar-refractivity contribution in [3.8, 4) is 0 Å². The molecule has 4 heteroatoms. The third kappa shape index (κ3) is 5.40. The molecule has 0 unspecified atom stereocenters. The van der Waals surface area contributed by atoms with Crippen LogP contribution < -0.4 is 0 Å². The third-order valence-electron chi connectivity index (χ3n) is 6.64. The summed E-state index contributed by atoms with van der Waals surface area (Å²) < 4.78 is 5.19. The van der Waals surface area contributed by atoms with Gasteiger partial charge < -0.3 is 9.64 Å². The number of carbonyl (C=O) groups is 1. The van der Waals surface area contributed by atoms with Crippen LogP contribution in [0.4, 0.5) is 0 Å². The normalized spacial score (nSPS) is 19.1. The second-order valence-corrected chi connectivity index (χ2v) is 8.98. The first-order valence-corrected chi connectivity index (χ1v) is 11.7. The molecule has 0 saturated carbocycles. The highest BCUT2D eigenvalue weighted by atomic mass is 35.5. The van der Waals surface area contributed by atoms with Crippen LogP contribution in [0.2, 0.25) is 5.02 Å². The molecule has 4 rings (SSSR count). The van der Waals surface area contributed by atoms with Crippen LogP contribution in [-0.2, 0) is 9.53 Å². The van der Waals surface area contributed by atoms with Crippen molar-refractivity contribution >= 4 is 17.6 Å².